The van der Waals surface area contributed by atoms with Crippen LogP contribution >= 0.6 is 11.8 Å². The molecule has 5 rings (SSSR count). The third-order valence-electron chi connectivity index (χ3n) is 7.61. The first-order chi connectivity index (χ1) is 14.8. The monoisotopic (exact) mass is 438 g/mol. The fourth-order valence-electron chi connectivity index (χ4n) is 5.73. The van der Waals surface area contributed by atoms with Crippen LogP contribution in [0.25, 0.3) is 4.91 Å². The lowest BCUT2D eigenvalue weighted by molar-refractivity contribution is -0.120. The van der Waals surface area contributed by atoms with Crippen molar-refractivity contribution >= 4 is 34.0 Å². The van der Waals surface area contributed by atoms with Crippen LogP contribution in [-0.2, 0) is 4.79 Å². The highest BCUT2D eigenvalue weighted by Gasteiger charge is 2.44. The molecule has 31 heavy (non-hydrogen) atoms. The average Bonchev–Trinajstić information content (AvgIpc) is 3.42. The molecular formula is C25H34N4OS. The van der Waals surface area contributed by atoms with Gasteiger partial charge in [0.05, 0.1) is 17.4 Å². The molecule has 1 amide bonds. The van der Waals surface area contributed by atoms with Crippen molar-refractivity contribution in [2.24, 2.45) is 11.0 Å². The van der Waals surface area contributed by atoms with Gasteiger partial charge in [-0.25, -0.2) is 0 Å². The molecule has 166 valence electrons. The summed E-state index contributed by atoms with van der Waals surface area (Å²) in [5.41, 5.74) is 7.40. The second-order valence-electron chi connectivity index (χ2n) is 9.98. The fourth-order valence-corrected chi connectivity index (χ4v) is 7.05. The van der Waals surface area contributed by atoms with Crippen LogP contribution in [0.1, 0.15) is 65.0 Å². The van der Waals surface area contributed by atoms with Gasteiger partial charge < -0.3 is 10.3 Å². The molecule has 1 aromatic rings. The third kappa shape index (κ3) is 3.43. The number of nitrogens with zero attached hydrogens (tertiary/aromatic N) is 3. The van der Waals surface area contributed by atoms with E-state index in [4.69, 9.17) is 0 Å². The molecule has 5 atom stereocenters. The Morgan fingerprint density at radius 2 is 1.97 bits per heavy atom. The van der Waals surface area contributed by atoms with Crippen molar-refractivity contribution in [2.45, 2.75) is 76.8 Å². The lowest BCUT2D eigenvalue weighted by Crippen LogP contribution is -2.47. The number of nitrogens with one attached hydrogen (secondary N) is 1. The average molecular weight is 439 g/mol. The van der Waals surface area contributed by atoms with Gasteiger partial charge in [0.15, 0.2) is 0 Å². The number of likely N-dealkylation sites (tertiary alicyclic amines) is 1. The molecule has 0 aromatic heterocycles. The van der Waals surface area contributed by atoms with Crippen LogP contribution in [0.4, 0.5) is 5.69 Å². The third-order valence-corrected chi connectivity index (χ3v) is 9.02. The Morgan fingerprint density at radius 3 is 2.68 bits per heavy atom. The molecule has 0 saturated carbocycles. The molecule has 1 fully saturated rings. The number of allylic oxidation sites excluding steroid dienone is 1. The van der Waals surface area contributed by atoms with Crippen LogP contribution in [-0.4, -0.2) is 52.5 Å². The zero-order valence-corrected chi connectivity index (χ0v) is 20.1. The molecule has 1 N–H and O–H groups in total. The molecule has 0 spiro atoms. The fraction of sp³-hybridized carbons (Fsp3) is 0.600. The van der Waals surface area contributed by atoms with E-state index in [0.717, 1.165) is 29.9 Å². The summed E-state index contributed by atoms with van der Waals surface area (Å²) >= 11 is 2.02. The van der Waals surface area contributed by atoms with Gasteiger partial charge in [0.1, 0.15) is 5.92 Å². The summed E-state index contributed by atoms with van der Waals surface area (Å²) in [6.07, 6.45) is 6.14. The van der Waals surface area contributed by atoms with Gasteiger partial charge in [-0.1, -0.05) is 12.1 Å². The predicted octanol–water partition coefficient (Wildman–Crippen LogP) is 4.47. The quantitative estimate of drug-likeness (QED) is 0.753. The highest BCUT2D eigenvalue weighted by molar-refractivity contribution is 8.09. The highest BCUT2D eigenvalue weighted by atomic mass is 32.2. The number of hydrogen-bond acceptors (Lipinski definition) is 5. The van der Waals surface area contributed by atoms with E-state index in [1.54, 1.807) is 0 Å². The Balaban J connectivity index is 1.41. The minimum Gasteiger partial charge on any atom is -0.311 e. The van der Waals surface area contributed by atoms with Crippen molar-refractivity contribution in [1.82, 2.24) is 10.3 Å². The largest absolute Gasteiger partial charge is 0.311 e. The lowest BCUT2D eigenvalue weighted by atomic mass is 9.85. The summed E-state index contributed by atoms with van der Waals surface area (Å²) < 4.78 is 0.215. The van der Waals surface area contributed by atoms with Crippen LogP contribution in [0.2, 0.25) is 0 Å². The van der Waals surface area contributed by atoms with Crippen molar-refractivity contribution in [1.29, 1.82) is 0 Å². The minimum absolute atomic E-state index is 0.0427. The topological polar surface area (TPSA) is 47.9 Å². The Bertz CT molecular complexity index is 962. The standard InChI is InChI=1S/C25H34N4OS/c1-6-28-20-10-9-18(13-19(20)23-22(24(28)30)17(4)26-27-23)21-11-12-25(5,31-21)14-29-15(2)7-8-16(29)3/h9-11,13,15-17,22,26H,6-8,12,14H2,1-5H3. The number of thioether (sulfide) groups is 1. The van der Waals surface area contributed by atoms with Gasteiger partial charge in [-0.3, -0.25) is 9.69 Å². The number of carbonyl (C=O) groups excluding carboxylic acids is 1. The molecule has 5 nitrogen and oxygen atoms in total. The summed E-state index contributed by atoms with van der Waals surface area (Å²) in [4.78, 5) is 19.0. The van der Waals surface area contributed by atoms with Gasteiger partial charge in [-0.15, -0.1) is 11.8 Å². The van der Waals surface area contributed by atoms with Crippen LogP contribution < -0.4 is 10.3 Å². The Labute approximate surface area is 190 Å². The molecule has 5 unspecified atom stereocenters. The van der Waals surface area contributed by atoms with Crippen molar-refractivity contribution in [3.63, 3.8) is 0 Å². The van der Waals surface area contributed by atoms with Gasteiger partial charge >= 0.3 is 0 Å². The van der Waals surface area contributed by atoms with Crippen LogP contribution in [0.3, 0.4) is 0 Å². The van der Waals surface area contributed by atoms with E-state index in [1.165, 1.54) is 23.3 Å². The molecule has 0 bridgehead atoms. The molecule has 1 saturated heterocycles. The number of hydrazone groups is 1. The summed E-state index contributed by atoms with van der Waals surface area (Å²) in [5.74, 6) is -0.0220. The van der Waals surface area contributed by atoms with E-state index in [9.17, 15) is 4.79 Å². The maximum absolute atomic E-state index is 13.0. The molecule has 0 aliphatic carbocycles. The molecule has 4 aliphatic heterocycles. The maximum Gasteiger partial charge on any atom is 0.238 e. The van der Waals surface area contributed by atoms with Gasteiger partial charge in [0, 0.05) is 40.4 Å². The number of fused-ring (bicyclic) bond motifs is 3. The molecule has 6 heteroatoms. The molecular weight excluding hydrogens is 404 g/mol. The number of amides is 1. The zero-order valence-electron chi connectivity index (χ0n) is 19.3. The second kappa shape index (κ2) is 7.66. The van der Waals surface area contributed by atoms with Crippen molar-refractivity contribution in [3.05, 3.63) is 35.4 Å². The normalized spacial score (nSPS) is 35.0. The summed E-state index contributed by atoms with van der Waals surface area (Å²) in [6, 6.07) is 7.99. The Kier molecular flexibility index (Phi) is 5.21. The summed E-state index contributed by atoms with van der Waals surface area (Å²) in [7, 11) is 0. The van der Waals surface area contributed by atoms with E-state index >= 15 is 0 Å². The van der Waals surface area contributed by atoms with E-state index in [2.05, 4.69) is 60.5 Å². The minimum atomic E-state index is -0.184. The van der Waals surface area contributed by atoms with Gasteiger partial charge in [-0.2, -0.15) is 5.10 Å². The van der Waals surface area contributed by atoms with Crippen molar-refractivity contribution in [3.8, 4) is 0 Å². The summed E-state index contributed by atoms with van der Waals surface area (Å²) in [6.45, 7) is 13.1. The maximum atomic E-state index is 13.0. The SMILES string of the molecule is CCN1C(=O)C2C(=NNC2C)c2cc(C3=CCC(C)(CN4C(C)CCC4C)S3)ccc21. The smallest absolute Gasteiger partial charge is 0.238 e. The second-order valence-corrected chi connectivity index (χ2v) is 11.6. The highest BCUT2D eigenvalue weighted by Crippen LogP contribution is 2.49. The molecule has 1 aromatic carbocycles. The van der Waals surface area contributed by atoms with Crippen LogP contribution in [0, 0.1) is 5.92 Å². The van der Waals surface area contributed by atoms with E-state index in [0.29, 0.717) is 18.6 Å². The van der Waals surface area contributed by atoms with Crippen LogP contribution in [0.15, 0.2) is 29.4 Å². The number of rotatable bonds is 4. The number of hydrogen-bond donors (Lipinski definition) is 1. The number of benzene rings is 1. The van der Waals surface area contributed by atoms with E-state index in [-0.39, 0.29) is 22.6 Å². The lowest BCUT2D eigenvalue weighted by Gasteiger charge is -2.35. The van der Waals surface area contributed by atoms with E-state index < -0.39 is 0 Å². The summed E-state index contributed by atoms with van der Waals surface area (Å²) in [5, 5.41) is 4.57. The van der Waals surface area contributed by atoms with Crippen molar-refractivity contribution in [2.75, 3.05) is 18.0 Å². The van der Waals surface area contributed by atoms with Crippen molar-refractivity contribution < 1.29 is 4.79 Å². The first-order valence-corrected chi connectivity index (χ1v) is 12.6. The first kappa shape index (κ1) is 21.1. The van der Waals surface area contributed by atoms with Crippen LogP contribution in [0.5, 0.6) is 0 Å². The number of carbonyl (C=O) groups is 1. The molecule has 4 aliphatic rings. The Hall–Kier alpha value is -1.79. The predicted molar refractivity (Wildman–Crippen MR) is 131 cm³/mol. The molecule has 0 radical (unpaired) electrons. The molecule has 4 heterocycles. The van der Waals surface area contributed by atoms with Gasteiger partial charge in [0.2, 0.25) is 5.91 Å². The van der Waals surface area contributed by atoms with Gasteiger partial charge in [-0.05, 0) is 71.6 Å². The first-order valence-electron chi connectivity index (χ1n) is 11.8. The number of anilines is 1. The Morgan fingerprint density at radius 1 is 1.23 bits per heavy atom. The van der Waals surface area contributed by atoms with Gasteiger partial charge in [0.25, 0.3) is 0 Å². The zero-order chi connectivity index (χ0) is 21.9. The van der Waals surface area contributed by atoms with E-state index in [1.807, 2.05) is 30.5 Å².